The fourth-order valence-electron chi connectivity index (χ4n) is 0.348. The Hall–Kier alpha value is -0.610. The molecule has 0 amide bonds. The summed E-state index contributed by atoms with van der Waals surface area (Å²) in [6.45, 7) is -0.0622. The molecule has 0 atom stereocenters. The van der Waals surface area contributed by atoms with Crippen LogP contribution in [0.15, 0.2) is 0 Å². The molecule has 0 heterocycles. The first kappa shape index (κ1) is 12.1. The summed E-state index contributed by atoms with van der Waals surface area (Å²) < 4.78 is 0. The summed E-state index contributed by atoms with van der Waals surface area (Å²) in [5, 5.41) is 8.06. The molecular formula is C5H10ClNO3. The van der Waals surface area contributed by atoms with Gasteiger partial charge >= 0.3 is 5.97 Å². The zero-order valence-corrected chi connectivity index (χ0v) is 6.19. The number of aliphatic carboxylic acids is 1. The van der Waals surface area contributed by atoms with Gasteiger partial charge in [0.25, 0.3) is 0 Å². The van der Waals surface area contributed by atoms with Gasteiger partial charge in [-0.1, -0.05) is 0 Å². The second-order valence-corrected chi connectivity index (χ2v) is 1.64. The van der Waals surface area contributed by atoms with Crippen LogP contribution in [0.1, 0.15) is 12.8 Å². The number of halogens is 1. The van der Waals surface area contributed by atoms with Crippen LogP contribution in [0.2, 0.25) is 0 Å². The summed E-state index contributed by atoms with van der Waals surface area (Å²) in [4.78, 5) is 20.2. The smallest absolute Gasteiger partial charge is 0.303 e. The third kappa shape index (κ3) is 7.39. The van der Waals surface area contributed by atoms with Crippen LogP contribution in [-0.2, 0) is 9.59 Å². The lowest BCUT2D eigenvalue weighted by atomic mass is 11.2. The van der Waals surface area contributed by atoms with Crippen molar-refractivity contribution < 1.29 is 14.7 Å². The summed E-state index contributed by atoms with van der Waals surface area (Å²) in [7, 11) is 0. The molecular weight excluding hydrogens is 163 g/mol. The van der Waals surface area contributed by atoms with Crippen molar-refractivity contribution in [1.82, 2.24) is 0 Å². The Morgan fingerprint density at radius 1 is 1.30 bits per heavy atom. The number of rotatable bonds is 4. The molecule has 5 heteroatoms. The van der Waals surface area contributed by atoms with E-state index in [1.54, 1.807) is 0 Å². The predicted octanol–water partition coefficient (Wildman–Crippen LogP) is -0.199. The molecule has 3 N–H and O–H groups in total. The minimum absolute atomic E-state index is 0. The molecule has 0 fully saturated rings. The molecule has 0 rings (SSSR count). The predicted molar refractivity (Wildman–Crippen MR) is 38.2 cm³/mol. The topological polar surface area (TPSA) is 80.4 Å². The molecule has 10 heavy (non-hydrogen) atoms. The Morgan fingerprint density at radius 3 is 2.10 bits per heavy atom. The number of Topliss-reactive ketones (excluding diaryl/α,β-unsaturated/α-hetero) is 1. The second-order valence-electron chi connectivity index (χ2n) is 1.64. The minimum atomic E-state index is -0.961. The first-order chi connectivity index (χ1) is 4.16. The first-order valence-corrected chi connectivity index (χ1v) is 2.60. The van der Waals surface area contributed by atoms with Gasteiger partial charge in [-0.25, -0.2) is 0 Å². The highest BCUT2D eigenvalue weighted by Crippen LogP contribution is 1.87. The molecule has 0 saturated heterocycles. The normalized spacial score (nSPS) is 8.10. The number of carboxylic acids is 1. The first-order valence-electron chi connectivity index (χ1n) is 2.60. The average Bonchev–Trinajstić information content (AvgIpc) is 1.83. The molecule has 4 nitrogen and oxygen atoms in total. The number of hydrogen-bond acceptors (Lipinski definition) is 3. The van der Waals surface area contributed by atoms with E-state index in [9.17, 15) is 9.59 Å². The molecule has 0 radical (unpaired) electrons. The number of carbonyl (C=O) groups is 2. The molecule has 0 spiro atoms. The average molecular weight is 174 g/mol. The standard InChI is InChI=1S/C5H9NO3.ClH/c6-3-4(7)1-2-5(8)9;/h1-3,6H2,(H,8,9);1H/i1+1,2+1,3+1,4+1,5+1,6+1;. The van der Waals surface area contributed by atoms with Crippen molar-refractivity contribution in [2.24, 2.45) is 5.73 Å². The lowest BCUT2D eigenvalue weighted by molar-refractivity contribution is -0.138. The van der Waals surface area contributed by atoms with Gasteiger partial charge in [-0.2, -0.15) is 0 Å². The quantitative estimate of drug-likeness (QED) is 0.456. The fourth-order valence-corrected chi connectivity index (χ4v) is 0.348. The minimum Gasteiger partial charge on any atom is -0.481 e. The van der Waals surface area contributed by atoms with E-state index < -0.39 is 5.97 Å². The zero-order chi connectivity index (χ0) is 7.28. The van der Waals surface area contributed by atoms with Crippen molar-refractivity contribution in [2.75, 3.05) is 6.54 Å². The maximum Gasteiger partial charge on any atom is 0.303 e. The van der Waals surface area contributed by atoms with Gasteiger partial charge in [0.15, 0.2) is 0 Å². The van der Waals surface area contributed by atoms with E-state index in [2.05, 4.69) is 0 Å². The van der Waals surface area contributed by atoms with Gasteiger partial charge in [-0.05, 0) is 0 Å². The maximum atomic E-state index is 10.3. The van der Waals surface area contributed by atoms with Crippen LogP contribution in [0.3, 0.4) is 0 Å². The number of carbonyl (C=O) groups excluding carboxylic acids is 1. The lowest BCUT2D eigenvalue weighted by Gasteiger charge is -1.90. The molecule has 0 aliphatic carbocycles. The Labute approximate surface area is 64.8 Å². The third-order valence-corrected chi connectivity index (χ3v) is 0.845. The van der Waals surface area contributed by atoms with Crippen molar-refractivity contribution in [3.05, 3.63) is 0 Å². The van der Waals surface area contributed by atoms with Crippen LogP contribution in [0.4, 0.5) is 0 Å². The Kier molecular flexibility index (Phi) is 7.88. The third-order valence-electron chi connectivity index (χ3n) is 0.845. The second kappa shape index (κ2) is 6.51. The van der Waals surface area contributed by atoms with Crippen molar-refractivity contribution in [1.29, 1.82) is 0 Å². The van der Waals surface area contributed by atoms with E-state index in [0.29, 0.717) is 0 Å². The molecule has 0 bridgehead atoms. The van der Waals surface area contributed by atoms with E-state index in [-0.39, 0.29) is 37.6 Å². The summed E-state index contributed by atoms with van der Waals surface area (Å²) in [5.74, 6) is -1.17. The number of ketones is 1. The van der Waals surface area contributed by atoms with Crippen molar-refractivity contribution in [2.45, 2.75) is 12.8 Å². The number of nitrogens with two attached hydrogens (primary N) is 1. The molecule has 0 aliphatic heterocycles. The van der Waals surface area contributed by atoms with Crippen LogP contribution in [0.5, 0.6) is 0 Å². The van der Waals surface area contributed by atoms with Gasteiger partial charge < -0.3 is 10.8 Å². The maximum absolute atomic E-state index is 10.3. The van der Waals surface area contributed by atoms with Crippen molar-refractivity contribution >= 4 is 24.2 Å². The van der Waals surface area contributed by atoms with Gasteiger partial charge in [0.1, 0.15) is 5.78 Å². The zero-order valence-electron chi connectivity index (χ0n) is 5.37. The summed E-state index contributed by atoms with van der Waals surface area (Å²) in [6, 6.07) is 0. The van der Waals surface area contributed by atoms with E-state index in [1.165, 1.54) is 0 Å². The summed E-state index contributed by atoms with van der Waals surface area (Å²) >= 11 is 0. The number of carboxylic acid groups (broad SMARTS) is 1. The van der Waals surface area contributed by atoms with E-state index in [4.69, 9.17) is 10.8 Å². The Balaban J connectivity index is 0. The molecule has 0 saturated carbocycles. The van der Waals surface area contributed by atoms with Gasteiger partial charge in [0.05, 0.1) is 13.0 Å². The van der Waals surface area contributed by atoms with Crippen LogP contribution in [0, 0.1) is 0 Å². The van der Waals surface area contributed by atoms with Crippen molar-refractivity contribution in [3.63, 3.8) is 0 Å². The molecule has 0 aromatic rings. The number of hydrogen-bond donors (Lipinski definition) is 2. The Morgan fingerprint density at radius 2 is 1.80 bits per heavy atom. The molecule has 0 aromatic carbocycles. The largest absolute Gasteiger partial charge is 0.481 e. The van der Waals surface area contributed by atoms with Crippen molar-refractivity contribution in [3.8, 4) is 0 Å². The van der Waals surface area contributed by atoms with Gasteiger partial charge in [0, 0.05) is 6.42 Å². The summed E-state index contributed by atoms with van der Waals surface area (Å²) in [6.07, 6.45) is -0.0676. The fraction of sp³-hybridized carbons (Fsp3) is 0.600. The van der Waals surface area contributed by atoms with E-state index in [0.717, 1.165) is 0 Å². The van der Waals surface area contributed by atoms with Crippen LogP contribution >= 0.6 is 12.4 Å². The van der Waals surface area contributed by atoms with E-state index in [1.807, 2.05) is 0 Å². The van der Waals surface area contributed by atoms with Gasteiger partial charge in [-0.3, -0.25) is 9.59 Å². The summed E-state index contributed by atoms with van der Waals surface area (Å²) in [5.41, 5.74) is 4.92. The molecule has 0 unspecified atom stereocenters. The highest BCUT2D eigenvalue weighted by Gasteiger charge is 2.01. The van der Waals surface area contributed by atoms with Crippen LogP contribution in [-0.4, -0.2) is 23.4 Å². The van der Waals surface area contributed by atoms with Gasteiger partial charge in [-0.15, -0.1) is 12.4 Å². The van der Waals surface area contributed by atoms with Gasteiger partial charge in [0.2, 0.25) is 0 Å². The SMILES string of the molecule is Cl.[15NH2][13CH2][13C](=O)[13CH2][13CH2][13C](=O)O. The van der Waals surface area contributed by atoms with E-state index >= 15 is 0 Å². The molecule has 60 valence electrons. The van der Waals surface area contributed by atoms with Crippen LogP contribution < -0.4 is 5.73 Å². The lowest BCUT2D eigenvalue weighted by Crippen LogP contribution is -2.14. The monoisotopic (exact) mass is 173 g/mol. The van der Waals surface area contributed by atoms with Crippen LogP contribution in [0.25, 0.3) is 0 Å². The highest BCUT2D eigenvalue weighted by molar-refractivity contribution is 5.85. The molecule has 0 aliphatic rings. The highest BCUT2D eigenvalue weighted by atomic mass is 35.5. The Bertz CT molecular complexity index is 126. The molecule has 0 aromatic heterocycles.